The summed E-state index contributed by atoms with van der Waals surface area (Å²) in [5, 5.41) is 22.7. The van der Waals surface area contributed by atoms with Gasteiger partial charge >= 0.3 is 7.12 Å². The van der Waals surface area contributed by atoms with Gasteiger partial charge in [0.15, 0.2) is 6.17 Å². The fraction of sp³-hybridized carbons (Fsp3) is 0.578. The summed E-state index contributed by atoms with van der Waals surface area (Å²) in [4.78, 5) is 92.9. The molecule has 0 spiro atoms. The highest BCUT2D eigenvalue weighted by Crippen LogP contribution is 2.61. The zero-order chi connectivity index (χ0) is 48.0. The number of nitrogens with zero attached hydrogens (tertiary/aromatic N) is 1. The SMILES string of the molecule is CCCCc1ccc(-c2ccc(C(=O)NCCC(=O)N3C[C@@H](N)C[C@H]3C(=O)N[C@H](C(=O)N[C@@H](N)C(=O)NC(CC(N)=O)C(=O)N[C@@H](N)B3OC4C[C@@H]5C[C@H](C4O3)C5(C)C)C(C)O)cc2)cc1. The van der Waals surface area contributed by atoms with E-state index in [1.165, 1.54) is 17.4 Å². The molecule has 66 heavy (non-hydrogen) atoms. The molecule has 11 atom stereocenters. The van der Waals surface area contributed by atoms with Crippen LogP contribution < -0.4 is 49.5 Å². The zero-order valence-corrected chi connectivity index (χ0v) is 38.0. The maximum absolute atomic E-state index is 13.6. The zero-order valence-electron chi connectivity index (χ0n) is 38.0. The minimum absolute atomic E-state index is 0.0222. The van der Waals surface area contributed by atoms with Gasteiger partial charge in [0.25, 0.3) is 11.8 Å². The van der Waals surface area contributed by atoms with E-state index in [0.29, 0.717) is 11.5 Å². The Labute approximate surface area is 384 Å². The van der Waals surface area contributed by atoms with Crippen LogP contribution in [-0.4, -0.2) is 126 Å². The van der Waals surface area contributed by atoms with Crippen molar-refractivity contribution in [3.05, 3.63) is 59.7 Å². The third-order valence-corrected chi connectivity index (χ3v) is 13.5. The Kier molecular flexibility index (Phi) is 16.2. The van der Waals surface area contributed by atoms with Crippen molar-refractivity contribution in [2.75, 3.05) is 13.1 Å². The lowest BCUT2D eigenvalue weighted by atomic mass is 9.47. The number of aliphatic hydroxyl groups is 1. The summed E-state index contributed by atoms with van der Waals surface area (Å²) in [5.74, 6) is -4.90. The number of likely N-dealkylation sites (tertiary alicyclic amines) is 1. The van der Waals surface area contributed by atoms with Gasteiger partial charge in [-0.05, 0) is 85.1 Å². The van der Waals surface area contributed by atoms with Gasteiger partial charge in [-0.25, -0.2) is 0 Å². The molecule has 7 rings (SSSR count). The molecule has 21 heteroatoms. The molecule has 358 valence electrons. The van der Waals surface area contributed by atoms with Crippen molar-refractivity contribution in [3.8, 4) is 11.1 Å². The van der Waals surface area contributed by atoms with Gasteiger partial charge in [0, 0.05) is 31.1 Å². The number of hydrogen-bond acceptors (Lipinski definition) is 13. The fourth-order valence-corrected chi connectivity index (χ4v) is 9.48. The van der Waals surface area contributed by atoms with Crippen LogP contribution in [-0.2, 0) is 44.5 Å². The molecule has 2 saturated heterocycles. The van der Waals surface area contributed by atoms with Crippen molar-refractivity contribution in [2.45, 2.75) is 134 Å². The largest absolute Gasteiger partial charge is 0.496 e. The molecule has 2 heterocycles. The number of nitrogens with two attached hydrogens (primary N) is 4. The Bertz CT molecular complexity index is 2110. The third kappa shape index (κ3) is 11.7. The highest BCUT2D eigenvalue weighted by Gasteiger charge is 2.62. The Morgan fingerprint density at radius 1 is 0.879 bits per heavy atom. The summed E-state index contributed by atoms with van der Waals surface area (Å²) in [5.41, 5.74) is 27.5. The quantitative estimate of drug-likeness (QED) is 0.0544. The molecule has 3 aliphatic carbocycles. The number of carbonyl (C=O) groups excluding carboxylic acids is 7. The fourth-order valence-electron chi connectivity index (χ4n) is 9.48. The Morgan fingerprint density at radius 3 is 2.17 bits per heavy atom. The molecular weight excluding hydrogens is 851 g/mol. The van der Waals surface area contributed by atoms with E-state index in [-0.39, 0.29) is 55.4 Å². The van der Waals surface area contributed by atoms with E-state index < -0.39 is 91.5 Å². The summed E-state index contributed by atoms with van der Waals surface area (Å²) in [6.45, 7) is 7.75. The number of aliphatic hydroxyl groups excluding tert-OH is 1. The standard InChI is InChI=1S/C45H65BN10O10/c1-5-6-7-24-8-10-25(11-9-24)26-12-14-27(15-13-26)39(60)51-17-16-35(59)56-22-29(47)20-32(56)41(62)53-36(23(2)57)42(63)54-38(49)43(64)52-31(21-34(48)58)40(61)55-44(50)46-65-33-19-28-18-30(37(33)66-46)45(28,3)4/h8-15,23,28-33,36-38,44,57H,5-7,16-22,47,49-50H2,1-4H3,(H2,48,58)(H,51,60)(H,52,64)(H,53,62)(H,54,63)(H,55,61)/t23?,28-,29-,30+,31?,32-,33?,36-,37?,38+,44+/m0/s1. The maximum atomic E-state index is 13.6. The molecule has 2 aromatic carbocycles. The molecule has 3 saturated carbocycles. The second kappa shape index (κ2) is 21.5. The van der Waals surface area contributed by atoms with Crippen molar-refractivity contribution < 1.29 is 48.0 Å². The maximum Gasteiger partial charge on any atom is 0.496 e. The molecule has 5 aliphatic rings. The van der Waals surface area contributed by atoms with Crippen molar-refractivity contribution in [3.63, 3.8) is 0 Å². The van der Waals surface area contributed by atoms with E-state index in [1.54, 1.807) is 12.1 Å². The number of aryl methyl sites for hydroxylation is 1. The van der Waals surface area contributed by atoms with Crippen LogP contribution in [0.1, 0.15) is 88.6 Å². The number of rotatable bonds is 20. The van der Waals surface area contributed by atoms with Gasteiger partial charge in [-0.15, -0.1) is 0 Å². The van der Waals surface area contributed by atoms with Crippen molar-refractivity contribution >= 4 is 48.5 Å². The van der Waals surface area contributed by atoms with Crippen LogP contribution in [0.25, 0.3) is 11.1 Å². The van der Waals surface area contributed by atoms with Gasteiger partial charge in [-0.1, -0.05) is 63.6 Å². The Balaban J connectivity index is 0.966. The topological polar surface area (TPSA) is 326 Å². The molecule has 0 radical (unpaired) electrons. The summed E-state index contributed by atoms with van der Waals surface area (Å²) in [6, 6.07) is 9.36. The number of carbonyl (C=O) groups is 7. The summed E-state index contributed by atoms with van der Waals surface area (Å²) >= 11 is 0. The van der Waals surface area contributed by atoms with Gasteiger partial charge in [0.2, 0.25) is 29.5 Å². The van der Waals surface area contributed by atoms with Crippen LogP contribution >= 0.6 is 0 Å². The lowest BCUT2D eigenvalue weighted by Crippen LogP contribution is -2.63. The minimum Gasteiger partial charge on any atom is -0.403 e. The van der Waals surface area contributed by atoms with Gasteiger partial charge in [-0.3, -0.25) is 33.6 Å². The highest BCUT2D eigenvalue weighted by atomic mass is 16.7. The van der Waals surface area contributed by atoms with E-state index >= 15 is 0 Å². The molecular formula is C45H65BN10O10. The predicted molar refractivity (Wildman–Crippen MR) is 243 cm³/mol. The van der Waals surface area contributed by atoms with Crippen LogP contribution in [0, 0.1) is 17.3 Å². The van der Waals surface area contributed by atoms with Crippen LogP contribution in [0.5, 0.6) is 0 Å². The molecule has 5 fully saturated rings. The molecule has 4 unspecified atom stereocenters. The van der Waals surface area contributed by atoms with Crippen LogP contribution in [0.15, 0.2) is 48.5 Å². The Morgan fingerprint density at radius 2 is 1.55 bits per heavy atom. The first-order valence-corrected chi connectivity index (χ1v) is 22.8. The summed E-state index contributed by atoms with van der Waals surface area (Å²) in [6.07, 6.45) is 0.629. The summed E-state index contributed by atoms with van der Waals surface area (Å²) < 4.78 is 12.2. The average molecular weight is 917 g/mol. The molecule has 2 aliphatic heterocycles. The first-order chi connectivity index (χ1) is 31.3. The number of benzene rings is 2. The summed E-state index contributed by atoms with van der Waals surface area (Å²) in [7, 11) is -0.977. The minimum atomic E-state index is -1.84. The Hall–Kier alpha value is -5.45. The third-order valence-electron chi connectivity index (χ3n) is 13.5. The van der Waals surface area contributed by atoms with Crippen molar-refractivity contribution in [2.24, 2.45) is 40.2 Å². The number of unbranched alkanes of at least 4 members (excludes halogenated alkanes) is 1. The van der Waals surface area contributed by atoms with Crippen LogP contribution in [0.3, 0.4) is 0 Å². The lowest BCUT2D eigenvalue weighted by Gasteiger charge is -2.60. The smallest absolute Gasteiger partial charge is 0.403 e. The van der Waals surface area contributed by atoms with E-state index in [4.69, 9.17) is 32.2 Å². The van der Waals surface area contributed by atoms with Crippen LogP contribution in [0.2, 0.25) is 0 Å². The van der Waals surface area contributed by atoms with E-state index in [9.17, 15) is 38.7 Å². The second-order valence-corrected chi connectivity index (χ2v) is 18.7. The number of hydrogen-bond donors (Lipinski definition) is 10. The number of primary amides is 1. The second-order valence-electron chi connectivity index (χ2n) is 18.7. The van der Waals surface area contributed by atoms with Gasteiger partial charge in [-0.2, -0.15) is 0 Å². The molecule has 14 N–H and O–H groups in total. The first kappa shape index (κ1) is 50.0. The first-order valence-electron chi connectivity index (χ1n) is 22.8. The molecule has 2 aromatic rings. The van der Waals surface area contributed by atoms with Crippen molar-refractivity contribution in [1.29, 1.82) is 0 Å². The molecule has 0 aromatic heterocycles. The normalized spacial score (nSPS) is 24.9. The number of nitrogens with one attached hydrogen (secondary N) is 5. The predicted octanol–water partition coefficient (Wildman–Crippen LogP) is -1.35. The van der Waals surface area contributed by atoms with Crippen molar-refractivity contribution in [1.82, 2.24) is 31.5 Å². The highest BCUT2D eigenvalue weighted by molar-refractivity contribution is 6.47. The van der Waals surface area contributed by atoms with E-state index in [0.717, 1.165) is 43.2 Å². The van der Waals surface area contributed by atoms with Gasteiger partial charge in [0.1, 0.15) is 24.2 Å². The van der Waals surface area contributed by atoms with E-state index in [1.807, 2.05) is 12.1 Å². The molecule has 20 nitrogen and oxygen atoms in total. The average Bonchev–Trinajstić information content (AvgIpc) is 3.91. The lowest BCUT2D eigenvalue weighted by molar-refractivity contribution is -0.150. The monoisotopic (exact) mass is 916 g/mol. The van der Waals surface area contributed by atoms with Gasteiger partial charge < -0.3 is 68.8 Å². The molecule has 7 amide bonds. The van der Waals surface area contributed by atoms with E-state index in [2.05, 4.69) is 71.6 Å². The molecule has 2 bridgehead atoms. The van der Waals surface area contributed by atoms with Crippen LogP contribution in [0.4, 0.5) is 0 Å². The van der Waals surface area contributed by atoms with Gasteiger partial charge in [0.05, 0.1) is 24.7 Å². The number of amides is 7.